The zero-order valence-corrected chi connectivity index (χ0v) is 11.5. The van der Waals surface area contributed by atoms with Gasteiger partial charge in [-0.15, -0.1) is 0 Å². The number of carbonyl (C=O) groups is 1. The van der Waals surface area contributed by atoms with E-state index in [0.717, 1.165) is 25.1 Å². The van der Waals surface area contributed by atoms with Gasteiger partial charge in [-0.2, -0.15) is 0 Å². The van der Waals surface area contributed by atoms with E-state index in [2.05, 4.69) is 27.2 Å². The molecule has 0 unspecified atom stereocenters. The summed E-state index contributed by atoms with van der Waals surface area (Å²) >= 11 is 0. The van der Waals surface area contributed by atoms with Crippen LogP contribution < -0.4 is 5.32 Å². The number of anilines is 1. The first-order chi connectivity index (χ1) is 9.79. The first-order valence-electron chi connectivity index (χ1n) is 6.62. The summed E-state index contributed by atoms with van der Waals surface area (Å²) in [6, 6.07) is 13.9. The number of nitrogens with one attached hydrogen (secondary N) is 1. The van der Waals surface area contributed by atoms with Gasteiger partial charge < -0.3 is 10.1 Å². The summed E-state index contributed by atoms with van der Waals surface area (Å²) in [5.74, 6) is -0.419. The smallest absolute Gasteiger partial charge is 0.356 e. The minimum Gasteiger partial charge on any atom is -0.464 e. The highest BCUT2D eigenvalue weighted by molar-refractivity contribution is 5.88. The molecule has 0 aliphatic heterocycles. The molecule has 2 rings (SSSR count). The van der Waals surface area contributed by atoms with Crippen molar-refractivity contribution in [1.82, 2.24) is 4.98 Å². The van der Waals surface area contributed by atoms with Gasteiger partial charge in [-0.3, -0.25) is 0 Å². The monoisotopic (exact) mass is 270 g/mol. The Bertz CT molecular complexity index is 555. The number of hydrogen-bond acceptors (Lipinski definition) is 4. The molecule has 0 saturated carbocycles. The molecular weight excluding hydrogens is 252 g/mol. The summed E-state index contributed by atoms with van der Waals surface area (Å²) in [5.41, 5.74) is 2.54. The molecule has 0 aliphatic carbocycles. The van der Waals surface area contributed by atoms with E-state index >= 15 is 0 Å². The summed E-state index contributed by atoms with van der Waals surface area (Å²) in [6.45, 7) is 0.847. The highest BCUT2D eigenvalue weighted by Gasteiger charge is 2.06. The highest BCUT2D eigenvalue weighted by atomic mass is 16.5. The Kier molecular flexibility index (Phi) is 5.12. The van der Waals surface area contributed by atoms with E-state index in [-0.39, 0.29) is 0 Å². The summed E-state index contributed by atoms with van der Waals surface area (Å²) in [6.07, 6.45) is 3.66. The van der Waals surface area contributed by atoms with Crippen LogP contribution in [0, 0.1) is 0 Å². The Labute approximate surface area is 118 Å². The lowest BCUT2D eigenvalue weighted by Crippen LogP contribution is -2.07. The maximum absolute atomic E-state index is 11.4. The minimum atomic E-state index is -0.419. The molecule has 0 radical (unpaired) electrons. The van der Waals surface area contributed by atoms with Crippen LogP contribution in [0.25, 0.3) is 0 Å². The normalized spacial score (nSPS) is 10.1. The molecule has 0 aliphatic rings. The van der Waals surface area contributed by atoms with Crippen LogP contribution >= 0.6 is 0 Å². The van der Waals surface area contributed by atoms with Crippen molar-refractivity contribution in [1.29, 1.82) is 0 Å². The second kappa shape index (κ2) is 7.28. The average Bonchev–Trinajstić information content (AvgIpc) is 2.52. The molecule has 1 heterocycles. The van der Waals surface area contributed by atoms with Crippen molar-refractivity contribution in [3.05, 3.63) is 59.9 Å². The molecule has 4 heteroatoms. The van der Waals surface area contributed by atoms with Gasteiger partial charge in [0.25, 0.3) is 0 Å². The Balaban J connectivity index is 1.81. The van der Waals surface area contributed by atoms with Crippen LogP contribution in [0.3, 0.4) is 0 Å². The van der Waals surface area contributed by atoms with Gasteiger partial charge in [0.05, 0.1) is 7.11 Å². The van der Waals surface area contributed by atoms with E-state index in [1.807, 2.05) is 24.3 Å². The molecule has 1 aromatic carbocycles. The van der Waals surface area contributed by atoms with Crippen molar-refractivity contribution in [3.63, 3.8) is 0 Å². The van der Waals surface area contributed by atoms with E-state index in [9.17, 15) is 4.79 Å². The van der Waals surface area contributed by atoms with Gasteiger partial charge in [0, 0.05) is 18.4 Å². The second-order valence-electron chi connectivity index (χ2n) is 4.44. The third-order valence-electron chi connectivity index (χ3n) is 2.97. The average molecular weight is 270 g/mol. The van der Waals surface area contributed by atoms with Crippen LogP contribution in [-0.4, -0.2) is 24.6 Å². The number of aryl methyl sites for hydroxylation is 1. The molecule has 1 aromatic heterocycles. The van der Waals surface area contributed by atoms with Crippen LogP contribution in [0.1, 0.15) is 22.5 Å². The van der Waals surface area contributed by atoms with Crippen molar-refractivity contribution in [2.75, 3.05) is 19.0 Å². The number of pyridine rings is 1. The van der Waals surface area contributed by atoms with Gasteiger partial charge in [-0.25, -0.2) is 9.78 Å². The maximum Gasteiger partial charge on any atom is 0.356 e. The molecular formula is C16H18N2O2. The van der Waals surface area contributed by atoms with Crippen LogP contribution in [0.5, 0.6) is 0 Å². The molecule has 104 valence electrons. The maximum atomic E-state index is 11.4. The number of benzene rings is 1. The quantitative estimate of drug-likeness (QED) is 0.647. The number of aromatic nitrogens is 1. The number of rotatable bonds is 6. The fourth-order valence-electron chi connectivity index (χ4n) is 1.93. The van der Waals surface area contributed by atoms with Crippen LogP contribution in [0.2, 0.25) is 0 Å². The summed E-state index contributed by atoms with van der Waals surface area (Å²) in [5, 5.41) is 3.29. The van der Waals surface area contributed by atoms with Gasteiger partial charge >= 0.3 is 5.97 Å². The molecule has 0 atom stereocenters. The SMILES string of the molecule is COC(=O)c1cc(NCCCc2ccccc2)ccn1. The largest absolute Gasteiger partial charge is 0.464 e. The Morgan fingerprint density at radius 2 is 2.05 bits per heavy atom. The van der Waals surface area contributed by atoms with Crippen molar-refractivity contribution in [2.24, 2.45) is 0 Å². The Morgan fingerprint density at radius 3 is 2.80 bits per heavy atom. The number of nitrogens with zero attached hydrogens (tertiary/aromatic N) is 1. The number of hydrogen-bond donors (Lipinski definition) is 1. The van der Waals surface area contributed by atoms with E-state index in [4.69, 9.17) is 0 Å². The second-order valence-corrected chi connectivity index (χ2v) is 4.44. The lowest BCUT2D eigenvalue weighted by Gasteiger charge is -2.07. The van der Waals surface area contributed by atoms with E-state index < -0.39 is 5.97 Å². The first kappa shape index (κ1) is 14.1. The van der Waals surface area contributed by atoms with Crippen LogP contribution in [0.15, 0.2) is 48.7 Å². The topological polar surface area (TPSA) is 51.2 Å². The molecule has 4 nitrogen and oxygen atoms in total. The number of carbonyl (C=O) groups excluding carboxylic acids is 1. The van der Waals surface area contributed by atoms with Crippen molar-refractivity contribution < 1.29 is 9.53 Å². The predicted octanol–water partition coefficient (Wildman–Crippen LogP) is 2.91. The van der Waals surface area contributed by atoms with Gasteiger partial charge in [-0.05, 0) is 30.5 Å². The van der Waals surface area contributed by atoms with E-state index in [0.29, 0.717) is 5.69 Å². The van der Waals surface area contributed by atoms with Gasteiger partial charge in [0.1, 0.15) is 5.69 Å². The lowest BCUT2D eigenvalue weighted by atomic mass is 10.1. The Morgan fingerprint density at radius 1 is 1.25 bits per heavy atom. The van der Waals surface area contributed by atoms with Gasteiger partial charge in [0.15, 0.2) is 0 Å². The number of methoxy groups -OCH3 is 1. The number of esters is 1. The van der Waals surface area contributed by atoms with Gasteiger partial charge in [0.2, 0.25) is 0 Å². The fraction of sp³-hybridized carbons (Fsp3) is 0.250. The molecule has 0 bridgehead atoms. The zero-order chi connectivity index (χ0) is 14.2. The first-order valence-corrected chi connectivity index (χ1v) is 6.62. The third-order valence-corrected chi connectivity index (χ3v) is 2.97. The van der Waals surface area contributed by atoms with E-state index in [1.54, 1.807) is 12.3 Å². The highest BCUT2D eigenvalue weighted by Crippen LogP contribution is 2.09. The van der Waals surface area contributed by atoms with Crippen molar-refractivity contribution in [2.45, 2.75) is 12.8 Å². The van der Waals surface area contributed by atoms with Crippen LogP contribution in [0.4, 0.5) is 5.69 Å². The Hall–Kier alpha value is -2.36. The van der Waals surface area contributed by atoms with Crippen molar-refractivity contribution in [3.8, 4) is 0 Å². The molecule has 20 heavy (non-hydrogen) atoms. The van der Waals surface area contributed by atoms with Crippen LogP contribution in [-0.2, 0) is 11.2 Å². The van der Waals surface area contributed by atoms with E-state index in [1.165, 1.54) is 12.7 Å². The molecule has 0 saturated heterocycles. The molecule has 1 N–H and O–H groups in total. The predicted molar refractivity (Wildman–Crippen MR) is 78.8 cm³/mol. The summed E-state index contributed by atoms with van der Waals surface area (Å²) < 4.78 is 4.65. The zero-order valence-electron chi connectivity index (χ0n) is 11.5. The standard InChI is InChI=1S/C16H18N2O2/c1-20-16(19)15-12-14(9-11-18-15)17-10-5-8-13-6-3-2-4-7-13/h2-4,6-7,9,11-12H,5,8,10H2,1H3,(H,17,18). The minimum absolute atomic E-state index is 0.320. The molecule has 0 fully saturated rings. The molecule has 2 aromatic rings. The number of ether oxygens (including phenoxy) is 1. The lowest BCUT2D eigenvalue weighted by molar-refractivity contribution is 0.0594. The molecule has 0 spiro atoms. The molecule has 0 amide bonds. The third kappa shape index (κ3) is 4.09. The summed E-state index contributed by atoms with van der Waals surface area (Å²) in [7, 11) is 1.35. The van der Waals surface area contributed by atoms with Crippen molar-refractivity contribution >= 4 is 11.7 Å². The van der Waals surface area contributed by atoms with Gasteiger partial charge in [-0.1, -0.05) is 30.3 Å². The fourth-order valence-corrected chi connectivity index (χ4v) is 1.93. The summed E-state index contributed by atoms with van der Waals surface area (Å²) in [4.78, 5) is 15.3.